The number of anilines is 2. The van der Waals surface area contributed by atoms with Gasteiger partial charge in [-0.3, -0.25) is 0 Å². The molecule has 0 radical (unpaired) electrons. The quantitative estimate of drug-likeness (QED) is 0.649. The summed E-state index contributed by atoms with van der Waals surface area (Å²) >= 11 is 3.49. The van der Waals surface area contributed by atoms with E-state index in [-0.39, 0.29) is 0 Å². The van der Waals surface area contributed by atoms with Crippen molar-refractivity contribution in [2.75, 3.05) is 50.2 Å². The molecular formula is C22H29BrN2O2. The van der Waals surface area contributed by atoms with Gasteiger partial charge in [0.25, 0.3) is 0 Å². The Morgan fingerprint density at radius 2 is 1.26 bits per heavy atom. The Hall–Kier alpha value is -1.88. The molecule has 5 heteroatoms. The predicted octanol–water partition coefficient (Wildman–Crippen LogP) is 5.35. The molecule has 146 valence electrons. The highest BCUT2D eigenvalue weighted by Crippen LogP contribution is 2.29. The second-order valence-corrected chi connectivity index (χ2v) is 7.85. The number of methoxy groups -OCH3 is 2. The number of benzene rings is 2. The van der Waals surface area contributed by atoms with Crippen molar-refractivity contribution in [3.8, 4) is 11.5 Å². The summed E-state index contributed by atoms with van der Waals surface area (Å²) in [6, 6.07) is 14.5. The van der Waals surface area contributed by atoms with Gasteiger partial charge in [0.15, 0.2) is 0 Å². The molecule has 2 aromatic rings. The molecule has 2 aromatic carbocycles. The SMILES string of the molecule is COc1cc(Br)cc(N2CCCC2)c1.COc1cccc(N2CCCC2)c1. The van der Waals surface area contributed by atoms with E-state index in [0.29, 0.717) is 0 Å². The summed E-state index contributed by atoms with van der Waals surface area (Å²) in [6.07, 6.45) is 5.23. The smallest absolute Gasteiger partial charge is 0.122 e. The van der Waals surface area contributed by atoms with Gasteiger partial charge in [-0.25, -0.2) is 0 Å². The lowest BCUT2D eigenvalue weighted by atomic mass is 10.3. The highest BCUT2D eigenvalue weighted by Gasteiger charge is 2.13. The van der Waals surface area contributed by atoms with Crippen LogP contribution in [0.25, 0.3) is 0 Å². The van der Waals surface area contributed by atoms with Gasteiger partial charge in [0.05, 0.1) is 14.2 Å². The normalized spacial score (nSPS) is 16.1. The van der Waals surface area contributed by atoms with Gasteiger partial charge in [-0.2, -0.15) is 0 Å². The van der Waals surface area contributed by atoms with Crippen LogP contribution in [0, 0.1) is 0 Å². The summed E-state index contributed by atoms with van der Waals surface area (Å²) in [5.74, 6) is 1.87. The monoisotopic (exact) mass is 432 g/mol. The van der Waals surface area contributed by atoms with Crippen molar-refractivity contribution in [1.82, 2.24) is 0 Å². The van der Waals surface area contributed by atoms with E-state index in [0.717, 1.165) is 16.0 Å². The molecular weight excluding hydrogens is 404 g/mol. The number of nitrogens with zero attached hydrogens (tertiary/aromatic N) is 2. The van der Waals surface area contributed by atoms with E-state index in [2.05, 4.69) is 50.0 Å². The Bertz CT molecular complexity index is 726. The second-order valence-electron chi connectivity index (χ2n) is 6.94. The van der Waals surface area contributed by atoms with Crippen LogP contribution in [0.5, 0.6) is 11.5 Å². The van der Waals surface area contributed by atoms with Crippen molar-refractivity contribution in [1.29, 1.82) is 0 Å². The summed E-state index contributed by atoms with van der Waals surface area (Å²) in [5, 5.41) is 0. The zero-order valence-corrected chi connectivity index (χ0v) is 17.9. The lowest BCUT2D eigenvalue weighted by Gasteiger charge is -2.18. The maximum Gasteiger partial charge on any atom is 0.122 e. The third kappa shape index (κ3) is 5.55. The fourth-order valence-electron chi connectivity index (χ4n) is 3.61. The van der Waals surface area contributed by atoms with Crippen molar-refractivity contribution in [3.63, 3.8) is 0 Å². The molecule has 0 unspecified atom stereocenters. The average molecular weight is 433 g/mol. The minimum absolute atomic E-state index is 0.918. The van der Waals surface area contributed by atoms with E-state index in [1.54, 1.807) is 14.2 Å². The van der Waals surface area contributed by atoms with Gasteiger partial charge < -0.3 is 19.3 Å². The van der Waals surface area contributed by atoms with E-state index < -0.39 is 0 Å². The van der Waals surface area contributed by atoms with Crippen molar-refractivity contribution >= 4 is 27.3 Å². The number of ether oxygens (including phenoxy) is 2. The number of hydrogen-bond acceptors (Lipinski definition) is 4. The van der Waals surface area contributed by atoms with E-state index in [1.807, 2.05) is 18.2 Å². The Balaban J connectivity index is 0.000000156. The number of halogens is 1. The van der Waals surface area contributed by atoms with Gasteiger partial charge in [0, 0.05) is 54.2 Å². The summed E-state index contributed by atoms with van der Waals surface area (Å²) in [6.45, 7) is 4.71. The molecule has 0 bridgehead atoms. The summed E-state index contributed by atoms with van der Waals surface area (Å²) in [7, 11) is 3.42. The fraction of sp³-hybridized carbons (Fsp3) is 0.455. The maximum absolute atomic E-state index is 5.24. The Kier molecular flexibility index (Phi) is 7.27. The zero-order chi connectivity index (χ0) is 19.1. The molecule has 4 rings (SSSR count). The van der Waals surface area contributed by atoms with Crippen LogP contribution in [0.4, 0.5) is 11.4 Å². The molecule has 2 aliphatic heterocycles. The number of rotatable bonds is 4. The Morgan fingerprint density at radius 3 is 1.85 bits per heavy atom. The van der Waals surface area contributed by atoms with Crippen molar-refractivity contribution in [2.24, 2.45) is 0 Å². The van der Waals surface area contributed by atoms with E-state index in [4.69, 9.17) is 9.47 Å². The van der Waals surface area contributed by atoms with Gasteiger partial charge >= 0.3 is 0 Å². The van der Waals surface area contributed by atoms with Crippen molar-refractivity contribution in [3.05, 3.63) is 46.9 Å². The summed E-state index contributed by atoms with van der Waals surface area (Å²) in [4.78, 5) is 4.80. The van der Waals surface area contributed by atoms with Crippen LogP contribution in [0.3, 0.4) is 0 Å². The maximum atomic E-state index is 5.24. The molecule has 0 saturated carbocycles. The van der Waals surface area contributed by atoms with Gasteiger partial charge in [0.2, 0.25) is 0 Å². The van der Waals surface area contributed by atoms with Crippen LogP contribution >= 0.6 is 15.9 Å². The standard InChI is InChI=1S/C11H14BrNO.C11H15NO/c1-14-11-7-9(12)6-10(8-11)13-4-2-3-5-13;1-13-11-6-4-5-10(9-11)12-7-2-3-8-12/h6-8H,2-5H2,1H3;4-6,9H,2-3,7-8H2,1H3. The molecule has 0 amide bonds. The molecule has 2 aliphatic rings. The first-order valence-electron chi connectivity index (χ1n) is 9.68. The minimum atomic E-state index is 0.918. The fourth-order valence-corrected chi connectivity index (χ4v) is 4.07. The van der Waals surface area contributed by atoms with E-state index in [9.17, 15) is 0 Å². The van der Waals surface area contributed by atoms with Crippen LogP contribution in [-0.4, -0.2) is 40.4 Å². The first-order chi connectivity index (χ1) is 13.2. The topological polar surface area (TPSA) is 24.9 Å². The third-order valence-corrected chi connectivity index (χ3v) is 5.55. The van der Waals surface area contributed by atoms with Crippen molar-refractivity contribution in [2.45, 2.75) is 25.7 Å². The first kappa shape index (κ1) is 19.9. The van der Waals surface area contributed by atoms with Crippen LogP contribution in [0.2, 0.25) is 0 Å². The molecule has 2 saturated heterocycles. The highest BCUT2D eigenvalue weighted by molar-refractivity contribution is 9.10. The van der Waals surface area contributed by atoms with Gasteiger partial charge in [0.1, 0.15) is 11.5 Å². The average Bonchev–Trinajstić information content (AvgIpc) is 3.42. The van der Waals surface area contributed by atoms with Crippen LogP contribution < -0.4 is 19.3 Å². The molecule has 0 atom stereocenters. The summed E-state index contributed by atoms with van der Waals surface area (Å²) in [5.41, 5.74) is 2.55. The molecule has 2 fully saturated rings. The molecule has 4 nitrogen and oxygen atoms in total. The molecule has 2 heterocycles. The zero-order valence-electron chi connectivity index (χ0n) is 16.3. The second kappa shape index (κ2) is 9.88. The first-order valence-corrected chi connectivity index (χ1v) is 10.5. The van der Waals surface area contributed by atoms with E-state index in [1.165, 1.54) is 63.2 Å². The van der Waals surface area contributed by atoms with Gasteiger partial charge in [-0.05, 0) is 49.9 Å². The lowest BCUT2D eigenvalue weighted by molar-refractivity contribution is 0.414. The largest absolute Gasteiger partial charge is 0.497 e. The van der Waals surface area contributed by atoms with Gasteiger partial charge in [-0.1, -0.05) is 22.0 Å². The molecule has 0 N–H and O–H groups in total. The van der Waals surface area contributed by atoms with Crippen molar-refractivity contribution < 1.29 is 9.47 Å². The molecule has 0 aliphatic carbocycles. The molecule has 0 spiro atoms. The minimum Gasteiger partial charge on any atom is -0.497 e. The predicted molar refractivity (Wildman–Crippen MR) is 117 cm³/mol. The van der Waals surface area contributed by atoms with Crippen LogP contribution in [0.15, 0.2) is 46.9 Å². The molecule has 27 heavy (non-hydrogen) atoms. The Morgan fingerprint density at radius 1 is 0.704 bits per heavy atom. The Labute approximate surface area is 171 Å². The molecule has 0 aromatic heterocycles. The van der Waals surface area contributed by atoms with Crippen LogP contribution in [-0.2, 0) is 0 Å². The van der Waals surface area contributed by atoms with Gasteiger partial charge in [-0.15, -0.1) is 0 Å². The highest BCUT2D eigenvalue weighted by atomic mass is 79.9. The van der Waals surface area contributed by atoms with E-state index >= 15 is 0 Å². The number of hydrogen-bond donors (Lipinski definition) is 0. The van der Waals surface area contributed by atoms with Crippen LogP contribution in [0.1, 0.15) is 25.7 Å². The summed E-state index contributed by atoms with van der Waals surface area (Å²) < 4.78 is 11.5. The third-order valence-electron chi connectivity index (χ3n) is 5.09. The lowest BCUT2D eigenvalue weighted by Crippen LogP contribution is -2.17.